The van der Waals surface area contributed by atoms with Crippen molar-refractivity contribution in [3.63, 3.8) is 0 Å². The van der Waals surface area contributed by atoms with Crippen LogP contribution < -0.4 is 0 Å². The lowest BCUT2D eigenvalue weighted by Gasteiger charge is -2.64. The minimum atomic E-state index is -5.45. The predicted octanol–water partition coefficient (Wildman–Crippen LogP) is -2.77. The number of aliphatic hydroxyl groups excluding tert-OH is 11. The van der Waals surface area contributed by atoms with Crippen LogP contribution in [0.4, 0.5) is 0 Å². The number of hydrogen-bond acceptors (Lipinski definition) is 27. The van der Waals surface area contributed by atoms with Crippen LogP contribution in [-0.4, -0.2) is 253 Å². The second kappa shape index (κ2) is 23.3. The van der Waals surface area contributed by atoms with Gasteiger partial charge in [-0.1, -0.05) is 53.2 Å². The van der Waals surface area contributed by atoms with E-state index in [0.29, 0.717) is 38.5 Å². The Kier molecular flexibility index (Phi) is 18.4. The zero-order chi connectivity index (χ0) is 60.4. The molecular weight excluding hydrogens is 1110 g/mol. The van der Waals surface area contributed by atoms with Crippen LogP contribution in [0.15, 0.2) is 11.6 Å². The van der Waals surface area contributed by atoms with Crippen LogP contribution in [0.25, 0.3) is 0 Å². The first-order chi connectivity index (χ1) is 38.2. The van der Waals surface area contributed by atoms with Gasteiger partial charge in [0.15, 0.2) is 30.8 Å². The highest BCUT2D eigenvalue weighted by molar-refractivity contribution is 7.80. The lowest BCUT2D eigenvalue weighted by atomic mass is 9.40. The molecule has 9 aliphatic rings. The van der Waals surface area contributed by atoms with Crippen molar-refractivity contribution in [1.29, 1.82) is 0 Å². The van der Waals surface area contributed by atoms with E-state index in [9.17, 15) is 79.0 Å². The van der Waals surface area contributed by atoms with Gasteiger partial charge in [-0.25, -0.2) is 8.42 Å². The highest BCUT2D eigenvalue weighted by Gasteiger charge is 2.86. The first kappa shape index (κ1) is 64.7. The van der Waals surface area contributed by atoms with E-state index >= 15 is 0 Å². The van der Waals surface area contributed by atoms with Gasteiger partial charge in [-0.15, -0.1) is 0 Å². The maximum absolute atomic E-state index is 14.5. The molecule has 12 N–H and O–H groups in total. The summed E-state index contributed by atoms with van der Waals surface area (Å²) in [6.45, 7) is 12.7. The quantitative estimate of drug-likeness (QED) is 0.0231. The third-order valence-electron chi connectivity index (χ3n) is 20.9. The van der Waals surface area contributed by atoms with E-state index in [1.165, 1.54) is 14.0 Å². The number of ether oxygens (including phenoxy) is 10. The molecule has 5 aliphatic heterocycles. The summed E-state index contributed by atoms with van der Waals surface area (Å²) in [5, 5.41) is 136. The lowest BCUT2D eigenvalue weighted by molar-refractivity contribution is -0.389. The molecule has 28 heteroatoms. The molecule has 8 fully saturated rings. The van der Waals surface area contributed by atoms with Gasteiger partial charge in [-0.3, -0.25) is 8.98 Å². The molecule has 472 valence electrons. The second-order valence-electron chi connectivity index (χ2n) is 26.1. The van der Waals surface area contributed by atoms with Crippen molar-refractivity contribution in [3.8, 4) is 0 Å². The number of fused-ring (bicyclic) bond motifs is 4. The van der Waals surface area contributed by atoms with E-state index in [0.717, 1.165) is 5.57 Å². The molecule has 0 aromatic rings. The molecule has 1 spiro atoms. The highest BCUT2D eigenvalue weighted by Crippen LogP contribution is 2.77. The number of carbonyl (C=O) groups excluding carboxylic acids is 1. The fraction of sp³-hybridized carbons (Fsp3) is 0.944. The van der Waals surface area contributed by atoms with Crippen molar-refractivity contribution < 1.29 is 131 Å². The van der Waals surface area contributed by atoms with Crippen LogP contribution >= 0.6 is 0 Å². The Bertz CT molecular complexity index is 2420. The molecule has 3 saturated carbocycles. The number of rotatable bonds is 17. The van der Waals surface area contributed by atoms with Gasteiger partial charge < -0.3 is 113 Å². The first-order valence-electron chi connectivity index (χ1n) is 28.6. The molecule has 29 atom stereocenters. The number of carbonyl (C=O) groups is 1. The topological polar surface area (TPSA) is 419 Å². The Balaban J connectivity index is 0.915. The molecular formula is C54H87O27S-. The molecule has 5 saturated heterocycles. The van der Waals surface area contributed by atoms with E-state index in [1.54, 1.807) is 13.0 Å². The van der Waals surface area contributed by atoms with Crippen molar-refractivity contribution >= 4 is 16.4 Å². The maximum Gasteiger partial charge on any atom is 0.319 e. The number of allylic oxidation sites excluding steroid dienone is 1. The summed E-state index contributed by atoms with van der Waals surface area (Å²) >= 11 is 0. The molecule has 0 aromatic carbocycles. The Hall–Kier alpha value is -1.76. The molecule has 82 heavy (non-hydrogen) atoms. The SMILES string of the molecule is CO[C@@H]1[C@@H](O)[C@H](O[C@@H]2[C@@H](O)[C@H](O[C@H]3[C@H](O)[C@@H](O)[C@H](O[C@H]4[C@H](O[C@H]5CC[C@]6(C)C7=C[C@H](O)[C@]89C(=O)O[C@@](C)(C(O)CCC(C)C)[C@@]8(O)CC[C@@]9(C)[C@@H]7CC[C@H]6C5(C)C)OC[C@@H](OS(=O)(=O)[O-])[C@@H]4O)O[C@@H]3C)O[C@H](CO)[C@H]2O)O[C@H](CO)[C@H]1O. The van der Waals surface area contributed by atoms with E-state index in [4.69, 9.17) is 47.4 Å². The molecule has 27 nitrogen and oxygen atoms in total. The molecule has 9 rings (SSSR count). The molecule has 4 aliphatic carbocycles. The van der Waals surface area contributed by atoms with E-state index in [1.807, 2.05) is 34.6 Å². The fourth-order valence-electron chi connectivity index (χ4n) is 16.4. The average Bonchev–Trinajstić information content (AvgIpc) is 1.49. The molecule has 0 bridgehead atoms. The van der Waals surface area contributed by atoms with Crippen LogP contribution in [0, 0.1) is 39.4 Å². The van der Waals surface area contributed by atoms with Crippen molar-refractivity contribution in [2.75, 3.05) is 26.9 Å². The number of hydrogen-bond donors (Lipinski definition) is 12. The average molecular weight is 1200 g/mol. The zero-order valence-electron chi connectivity index (χ0n) is 47.7. The second-order valence-corrected chi connectivity index (χ2v) is 27.1. The Morgan fingerprint density at radius 3 is 1.89 bits per heavy atom. The summed E-state index contributed by atoms with van der Waals surface area (Å²) < 4.78 is 99.5. The maximum atomic E-state index is 14.5. The third kappa shape index (κ3) is 10.3. The van der Waals surface area contributed by atoms with Gasteiger partial charge in [0.2, 0.25) is 10.4 Å². The van der Waals surface area contributed by atoms with Crippen LogP contribution in [0.3, 0.4) is 0 Å². The summed E-state index contributed by atoms with van der Waals surface area (Å²) in [4.78, 5) is 14.5. The largest absolute Gasteiger partial charge is 0.726 e. The highest BCUT2D eigenvalue weighted by atomic mass is 32.3. The van der Waals surface area contributed by atoms with Crippen LogP contribution in [-0.2, 0) is 66.7 Å². The van der Waals surface area contributed by atoms with Crippen molar-refractivity contribution in [3.05, 3.63) is 11.6 Å². The number of esters is 1. The summed E-state index contributed by atoms with van der Waals surface area (Å²) in [5.74, 6) is -0.924. The van der Waals surface area contributed by atoms with Gasteiger partial charge in [-0.05, 0) is 99.2 Å². The van der Waals surface area contributed by atoms with Crippen LogP contribution in [0.1, 0.15) is 107 Å². The van der Waals surface area contributed by atoms with Crippen molar-refractivity contribution in [2.24, 2.45) is 39.4 Å². The Morgan fingerprint density at radius 1 is 0.707 bits per heavy atom. The molecule has 0 amide bonds. The van der Waals surface area contributed by atoms with Gasteiger partial charge in [0.05, 0.1) is 44.2 Å². The van der Waals surface area contributed by atoms with Gasteiger partial charge in [0.1, 0.15) is 96.5 Å². The fourth-order valence-corrected chi connectivity index (χ4v) is 16.8. The Morgan fingerprint density at radius 2 is 1.29 bits per heavy atom. The molecule has 5 heterocycles. The Labute approximate surface area is 476 Å². The number of methoxy groups -OCH3 is 1. The van der Waals surface area contributed by atoms with Crippen molar-refractivity contribution in [1.82, 2.24) is 0 Å². The summed E-state index contributed by atoms with van der Waals surface area (Å²) in [6.07, 6.45) is -30.9. The molecule has 0 radical (unpaired) electrons. The van der Waals surface area contributed by atoms with E-state index < -0.39 is 204 Å². The molecule has 1 unspecified atom stereocenters. The normalized spacial score (nSPS) is 51.6. The van der Waals surface area contributed by atoms with Gasteiger partial charge in [-0.2, -0.15) is 0 Å². The smallest absolute Gasteiger partial charge is 0.319 e. The minimum Gasteiger partial charge on any atom is -0.726 e. The number of cyclic esters (lactones) is 1. The van der Waals surface area contributed by atoms with E-state index in [2.05, 4.69) is 11.1 Å². The summed E-state index contributed by atoms with van der Waals surface area (Å²) in [6, 6.07) is 0. The van der Waals surface area contributed by atoms with Gasteiger partial charge in [0, 0.05) is 7.11 Å². The number of aliphatic hydroxyl groups is 12. The third-order valence-corrected chi connectivity index (χ3v) is 21.4. The van der Waals surface area contributed by atoms with Gasteiger partial charge >= 0.3 is 5.97 Å². The standard InChI is InChI=1S/C54H88O27S/c1-22(2)10-13-30(57)52(8)53(67)17-16-51(7)24-11-12-29-49(4,5)32(14-15-50(29,6)25(24)18-31(58)54(51,53)48(66)80-52)76-47-43(35(61)28(21-72-47)81-82(68,69)70)79-44-37(63)36(62)40(23(3)73-44)77-46-39(65)42(34(60)27(20-56)75-46)78-45-38(64)41(71-9)33(59)26(19-55)74-45/h18,22-24,26-47,55-65,67H,10-17,19-21H2,1-9H3,(H,68,69,70)/p-1/t23-,24-,26-,27-,28-,29+,30?,31+,32+,33-,34-,35+,36-,37-,38-,39-,40-,41+,42+,43-,44+,45+,46+,47+,50-,51+,52+,53+,54-/m1/s1. The van der Waals surface area contributed by atoms with Gasteiger partial charge in [0.25, 0.3) is 0 Å². The first-order valence-corrected chi connectivity index (χ1v) is 29.9. The lowest BCUT2D eigenvalue weighted by Crippen LogP contribution is -2.69. The zero-order valence-corrected chi connectivity index (χ0v) is 48.5. The van der Waals surface area contributed by atoms with Crippen LogP contribution in [0.5, 0.6) is 0 Å². The molecule has 0 aromatic heterocycles. The van der Waals surface area contributed by atoms with E-state index in [-0.39, 0.29) is 30.6 Å². The summed E-state index contributed by atoms with van der Waals surface area (Å²) in [5.41, 5.74) is -6.70. The minimum absolute atomic E-state index is 0.120. The van der Waals surface area contributed by atoms with Crippen molar-refractivity contribution in [2.45, 2.75) is 253 Å². The monoisotopic (exact) mass is 1200 g/mol. The predicted molar refractivity (Wildman–Crippen MR) is 273 cm³/mol. The van der Waals surface area contributed by atoms with Crippen LogP contribution in [0.2, 0.25) is 0 Å². The summed E-state index contributed by atoms with van der Waals surface area (Å²) in [7, 11) is -4.28.